The number of pyridine rings is 1. The second-order valence-corrected chi connectivity index (χ2v) is 7.53. The molecule has 0 aliphatic rings. The number of aryl methyl sites for hydroxylation is 1. The first kappa shape index (κ1) is 19.8. The molecule has 0 aliphatic carbocycles. The Kier molecular flexibility index (Phi) is 4.83. The highest BCUT2D eigenvalue weighted by Crippen LogP contribution is 2.34. The number of hydrogen-bond donors (Lipinski definition) is 2. The minimum atomic E-state index is -0.568. The topological polar surface area (TPSA) is 132 Å². The summed E-state index contributed by atoms with van der Waals surface area (Å²) in [5.74, 6) is -0.306. The molecule has 10 nitrogen and oxygen atoms in total. The Morgan fingerprint density at radius 1 is 1.25 bits per heavy atom. The molecule has 11 heteroatoms. The van der Waals surface area contributed by atoms with Gasteiger partial charge in [0.25, 0.3) is 5.89 Å². The third-order valence-corrected chi connectivity index (χ3v) is 5.22. The van der Waals surface area contributed by atoms with Crippen LogP contribution in [0.4, 0.5) is 11.7 Å². The molecule has 5 aromatic rings. The number of aromatic nitrogens is 6. The summed E-state index contributed by atoms with van der Waals surface area (Å²) < 4.78 is 7.66. The Morgan fingerprint density at radius 3 is 2.84 bits per heavy atom. The fourth-order valence-electron chi connectivity index (χ4n) is 3.42. The third-order valence-electron chi connectivity index (χ3n) is 4.90. The van der Waals surface area contributed by atoms with E-state index < -0.39 is 5.91 Å². The van der Waals surface area contributed by atoms with Gasteiger partial charge in [0, 0.05) is 42.2 Å². The fourth-order valence-corrected chi connectivity index (χ4v) is 3.66. The van der Waals surface area contributed by atoms with Gasteiger partial charge in [-0.05, 0) is 18.2 Å². The van der Waals surface area contributed by atoms with Crippen molar-refractivity contribution in [2.24, 2.45) is 12.8 Å². The normalized spacial score (nSPS) is 11.2. The highest BCUT2D eigenvalue weighted by molar-refractivity contribution is 6.33. The molecule has 0 saturated heterocycles. The molecule has 0 aliphatic heterocycles. The maximum Gasteiger partial charge on any atom is 0.323 e. The van der Waals surface area contributed by atoms with Gasteiger partial charge in [-0.1, -0.05) is 28.8 Å². The molecule has 3 N–H and O–H groups in total. The van der Waals surface area contributed by atoms with Gasteiger partial charge in [-0.15, -0.1) is 5.10 Å². The molecule has 0 bridgehead atoms. The predicted molar refractivity (Wildman–Crippen MR) is 119 cm³/mol. The summed E-state index contributed by atoms with van der Waals surface area (Å²) in [5.41, 5.74) is 9.15. The average Bonchev–Trinajstić information content (AvgIpc) is 3.51. The van der Waals surface area contributed by atoms with E-state index in [-0.39, 0.29) is 18.5 Å². The van der Waals surface area contributed by atoms with E-state index >= 15 is 0 Å². The molecule has 0 fully saturated rings. The van der Waals surface area contributed by atoms with E-state index in [2.05, 4.69) is 25.3 Å². The van der Waals surface area contributed by atoms with Crippen molar-refractivity contribution in [3.63, 3.8) is 0 Å². The summed E-state index contributed by atoms with van der Waals surface area (Å²) >= 11 is 6.31. The largest absolute Gasteiger partial charge is 0.403 e. The number of H-pyrrole nitrogens is 1. The predicted octanol–water partition coefficient (Wildman–Crippen LogP) is 3.29. The molecule has 160 valence electrons. The number of anilines is 2. The Balaban J connectivity index is 1.56. The number of halogens is 1. The lowest BCUT2D eigenvalue weighted by Crippen LogP contribution is -2.30. The van der Waals surface area contributed by atoms with Gasteiger partial charge in [0.05, 0.1) is 22.5 Å². The Morgan fingerprint density at radius 2 is 2.09 bits per heavy atom. The summed E-state index contributed by atoms with van der Waals surface area (Å²) in [6, 6.07) is 9.09. The number of hydrogen-bond acceptors (Lipinski definition) is 7. The zero-order chi connectivity index (χ0) is 22.2. The second kappa shape index (κ2) is 7.82. The Labute approximate surface area is 186 Å². The molecule has 0 radical (unpaired) electrons. The van der Waals surface area contributed by atoms with Crippen molar-refractivity contribution in [2.45, 2.75) is 0 Å². The Bertz CT molecular complexity index is 1440. The summed E-state index contributed by atoms with van der Waals surface area (Å²) in [7, 11) is 1.86. The number of nitrogens with zero attached hydrogens (tertiary/aromatic N) is 6. The van der Waals surface area contributed by atoms with E-state index in [1.54, 1.807) is 47.5 Å². The van der Waals surface area contributed by atoms with E-state index in [4.69, 9.17) is 21.8 Å². The summed E-state index contributed by atoms with van der Waals surface area (Å²) in [5, 5.41) is 13.7. The average molecular weight is 449 g/mol. The number of fused-ring (bicyclic) bond motifs is 1. The van der Waals surface area contributed by atoms with Crippen LogP contribution >= 0.6 is 11.6 Å². The number of primary amides is 1. The van der Waals surface area contributed by atoms with E-state index in [0.717, 1.165) is 16.5 Å². The van der Waals surface area contributed by atoms with Gasteiger partial charge in [-0.25, -0.2) is 4.98 Å². The molecule has 1 aromatic carbocycles. The van der Waals surface area contributed by atoms with Gasteiger partial charge < -0.3 is 15.1 Å². The molecule has 1 amide bonds. The van der Waals surface area contributed by atoms with Crippen LogP contribution < -0.4 is 10.6 Å². The highest BCUT2D eigenvalue weighted by Gasteiger charge is 2.22. The van der Waals surface area contributed by atoms with Gasteiger partial charge in [-0.2, -0.15) is 5.10 Å². The number of para-hydroxylation sites is 1. The number of amides is 1. The van der Waals surface area contributed by atoms with Crippen LogP contribution in [0, 0.1) is 0 Å². The minimum absolute atomic E-state index is 0.0950. The van der Waals surface area contributed by atoms with Crippen molar-refractivity contribution in [3.05, 3.63) is 60.1 Å². The number of aromatic amines is 1. The number of nitrogens with one attached hydrogen (secondary N) is 1. The van der Waals surface area contributed by atoms with Crippen LogP contribution in [0.2, 0.25) is 5.02 Å². The standard InChI is InChI=1S/C21H17ClN8O2/c1-29-10-13(8-26-29)12-6-14-15(9-25-19(14)24-7-12)20-27-28-21(32-20)30(11-18(23)31)17-5-3-2-4-16(17)22/h2-10H,11H2,1H3,(H2,23,31)(H,24,25). The number of nitrogens with two attached hydrogens (primary N) is 1. The minimum Gasteiger partial charge on any atom is -0.403 e. The Hall–Kier alpha value is -4.18. The molecule has 32 heavy (non-hydrogen) atoms. The quantitative estimate of drug-likeness (QED) is 0.407. The summed E-state index contributed by atoms with van der Waals surface area (Å²) in [4.78, 5) is 20.8. The van der Waals surface area contributed by atoms with Crippen molar-refractivity contribution in [1.82, 2.24) is 29.9 Å². The van der Waals surface area contributed by atoms with Gasteiger partial charge in [0.15, 0.2) is 0 Å². The van der Waals surface area contributed by atoms with Crippen molar-refractivity contribution >= 4 is 40.2 Å². The summed E-state index contributed by atoms with van der Waals surface area (Å²) in [6.45, 7) is -0.175. The maximum absolute atomic E-state index is 11.7. The molecule has 0 saturated carbocycles. The van der Waals surface area contributed by atoms with Crippen LogP contribution in [0.3, 0.4) is 0 Å². The van der Waals surface area contributed by atoms with Crippen molar-refractivity contribution < 1.29 is 9.21 Å². The van der Waals surface area contributed by atoms with Crippen LogP contribution in [0.1, 0.15) is 0 Å². The fraction of sp³-hybridized carbons (Fsp3) is 0.0952. The van der Waals surface area contributed by atoms with E-state index in [9.17, 15) is 4.79 Å². The first-order chi connectivity index (χ1) is 15.5. The highest BCUT2D eigenvalue weighted by atomic mass is 35.5. The third kappa shape index (κ3) is 3.56. The molecule has 0 atom stereocenters. The lowest BCUT2D eigenvalue weighted by molar-refractivity contribution is -0.116. The van der Waals surface area contributed by atoms with E-state index in [1.807, 2.05) is 19.3 Å². The molecule has 4 aromatic heterocycles. The molecule has 0 spiro atoms. The molecule has 5 rings (SSSR count). The van der Waals surface area contributed by atoms with Crippen LogP contribution in [-0.4, -0.2) is 42.4 Å². The molecular formula is C21H17ClN8O2. The molecule has 0 unspecified atom stereocenters. The van der Waals surface area contributed by atoms with E-state index in [0.29, 0.717) is 21.9 Å². The van der Waals surface area contributed by atoms with Gasteiger partial charge in [-0.3, -0.25) is 14.4 Å². The second-order valence-electron chi connectivity index (χ2n) is 7.12. The van der Waals surface area contributed by atoms with Crippen molar-refractivity contribution in [1.29, 1.82) is 0 Å². The number of carbonyl (C=O) groups excluding carboxylic acids is 1. The SMILES string of the molecule is Cn1cc(-c2cnc3[nH]cc(-c4nnc(N(CC(N)=O)c5ccccc5Cl)o4)c3c2)cn1. The van der Waals surface area contributed by atoms with Crippen LogP contribution in [-0.2, 0) is 11.8 Å². The van der Waals surface area contributed by atoms with Gasteiger partial charge in [0.1, 0.15) is 12.2 Å². The first-order valence-corrected chi connectivity index (χ1v) is 9.98. The van der Waals surface area contributed by atoms with Crippen LogP contribution in [0.25, 0.3) is 33.6 Å². The van der Waals surface area contributed by atoms with Crippen molar-refractivity contribution in [2.75, 3.05) is 11.4 Å². The first-order valence-electron chi connectivity index (χ1n) is 9.60. The van der Waals surface area contributed by atoms with Crippen LogP contribution in [0.5, 0.6) is 0 Å². The lowest BCUT2D eigenvalue weighted by Gasteiger charge is -2.19. The van der Waals surface area contributed by atoms with Crippen molar-refractivity contribution in [3.8, 4) is 22.6 Å². The van der Waals surface area contributed by atoms with Crippen LogP contribution in [0.15, 0.2) is 59.5 Å². The van der Waals surface area contributed by atoms with Gasteiger partial charge in [0.2, 0.25) is 5.91 Å². The smallest absolute Gasteiger partial charge is 0.323 e. The maximum atomic E-state index is 11.7. The number of benzene rings is 1. The number of carbonyl (C=O) groups is 1. The summed E-state index contributed by atoms with van der Waals surface area (Å²) in [6.07, 6.45) is 7.19. The lowest BCUT2D eigenvalue weighted by atomic mass is 10.1. The zero-order valence-electron chi connectivity index (χ0n) is 16.9. The monoisotopic (exact) mass is 448 g/mol. The molecular weight excluding hydrogens is 432 g/mol. The molecule has 4 heterocycles. The zero-order valence-corrected chi connectivity index (χ0v) is 17.6. The van der Waals surface area contributed by atoms with Gasteiger partial charge >= 0.3 is 6.01 Å². The van der Waals surface area contributed by atoms with E-state index in [1.165, 1.54) is 4.90 Å². The number of rotatable bonds is 6.